The molecule has 90 valence electrons. The van der Waals surface area contributed by atoms with E-state index in [0.29, 0.717) is 17.3 Å². The van der Waals surface area contributed by atoms with Crippen LogP contribution in [-0.2, 0) is 0 Å². The molecule has 1 fully saturated rings. The van der Waals surface area contributed by atoms with Crippen molar-refractivity contribution < 1.29 is 9.90 Å². The average Bonchev–Trinajstić information content (AvgIpc) is 3.08. The summed E-state index contributed by atoms with van der Waals surface area (Å²) in [4.78, 5) is 14.7. The molecule has 1 aromatic rings. The Morgan fingerprint density at radius 1 is 1.65 bits per heavy atom. The minimum absolute atomic E-state index is 0.0579. The van der Waals surface area contributed by atoms with E-state index in [1.54, 1.807) is 0 Å². The summed E-state index contributed by atoms with van der Waals surface area (Å²) in [5.74, 6) is 5.86. The zero-order chi connectivity index (χ0) is 12.3. The minimum Gasteiger partial charge on any atom is -0.395 e. The summed E-state index contributed by atoms with van der Waals surface area (Å²) in [6.07, 6.45) is 2.67. The molecule has 0 aliphatic heterocycles. The fourth-order valence-electron chi connectivity index (χ4n) is 1.57. The van der Waals surface area contributed by atoms with Gasteiger partial charge in [-0.2, -0.15) is 0 Å². The highest BCUT2D eigenvalue weighted by atomic mass is 32.1. The number of hydrogen-bond acceptors (Lipinski definition) is 3. The van der Waals surface area contributed by atoms with Crippen molar-refractivity contribution in [1.82, 2.24) is 4.90 Å². The number of carbonyl (C=O) groups excluding carboxylic acids is 1. The van der Waals surface area contributed by atoms with Gasteiger partial charge < -0.3 is 10.0 Å². The van der Waals surface area contributed by atoms with Crippen LogP contribution in [0.4, 0.5) is 0 Å². The smallest absolute Gasteiger partial charge is 0.265 e. The topological polar surface area (TPSA) is 40.5 Å². The van der Waals surface area contributed by atoms with Crippen LogP contribution >= 0.6 is 11.3 Å². The van der Waals surface area contributed by atoms with E-state index in [1.165, 1.54) is 11.3 Å². The quantitative estimate of drug-likeness (QED) is 0.829. The molecule has 4 heteroatoms. The second-order valence-corrected chi connectivity index (χ2v) is 5.00. The van der Waals surface area contributed by atoms with Gasteiger partial charge in [0.05, 0.1) is 6.61 Å². The molecule has 1 aromatic heterocycles. The first kappa shape index (κ1) is 12.2. The lowest BCUT2D eigenvalue weighted by Gasteiger charge is -2.15. The molecule has 1 heterocycles. The van der Waals surface area contributed by atoms with Crippen molar-refractivity contribution in [1.29, 1.82) is 0 Å². The molecule has 0 bridgehead atoms. The van der Waals surface area contributed by atoms with Crippen molar-refractivity contribution in [3.8, 4) is 11.8 Å². The maximum Gasteiger partial charge on any atom is 0.265 e. The molecule has 1 N–H and O–H groups in total. The van der Waals surface area contributed by atoms with Crippen LogP contribution in [-0.4, -0.2) is 35.6 Å². The molecule has 1 amide bonds. The van der Waals surface area contributed by atoms with Crippen LogP contribution in [0.15, 0.2) is 11.4 Å². The Morgan fingerprint density at radius 3 is 3.06 bits per heavy atom. The second kappa shape index (κ2) is 5.35. The van der Waals surface area contributed by atoms with Gasteiger partial charge in [0.2, 0.25) is 0 Å². The molecular weight excluding hydrogens is 234 g/mol. The molecule has 0 unspecified atom stereocenters. The molecule has 0 radical (unpaired) electrons. The molecule has 1 aliphatic rings. The summed E-state index contributed by atoms with van der Waals surface area (Å²) in [6.45, 7) is 0.0579. The molecule has 17 heavy (non-hydrogen) atoms. The fourth-order valence-corrected chi connectivity index (χ4v) is 2.41. The van der Waals surface area contributed by atoms with E-state index in [-0.39, 0.29) is 12.5 Å². The highest BCUT2D eigenvalue weighted by molar-refractivity contribution is 7.12. The van der Waals surface area contributed by atoms with E-state index in [1.807, 2.05) is 23.4 Å². The van der Waals surface area contributed by atoms with Crippen LogP contribution in [0.1, 0.15) is 34.5 Å². The van der Waals surface area contributed by atoms with E-state index >= 15 is 0 Å². The first-order chi connectivity index (χ1) is 8.24. The summed E-state index contributed by atoms with van der Waals surface area (Å²) in [5.41, 5.74) is 0.779. The minimum atomic E-state index is 0.0579. The Morgan fingerprint density at radius 2 is 2.41 bits per heavy atom. The number of aliphatic hydroxyl groups is 1. The lowest BCUT2D eigenvalue weighted by atomic mass is 10.2. The normalized spacial score (nSPS) is 14.0. The van der Waals surface area contributed by atoms with Gasteiger partial charge in [0.25, 0.3) is 5.91 Å². The number of amides is 1. The van der Waals surface area contributed by atoms with Crippen molar-refractivity contribution in [3.05, 3.63) is 21.9 Å². The van der Waals surface area contributed by atoms with Gasteiger partial charge in [-0.05, 0) is 24.3 Å². The number of nitrogens with zero attached hydrogens (tertiary/aromatic N) is 1. The van der Waals surface area contributed by atoms with E-state index in [9.17, 15) is 4.79 Å². The third kappa shape index (κ3) is 2.87. The highest BCUT2D eigenvalue weighted by Gasteiger charge is 2.31. The highest BCUT2D eigenvalue weighted by Crippen LogP contribution is 2.28. The number of rotatable bonds is 3. The number of hydrogen-bond donors (Lipinski definition) is 1. The maximum atomic E-state index is 12.2. The monoisotopic (exact) mass is 249 g/mol. The zero-order valence-corrected chi connectivity index (χ0v) is 10.6. The molecule has 0 aromatic carbocycles. The van der Waals surface area contributed by atoms with Crippen LogP contribution in [0, 0.1) is 11.8 Å². The van der Waals surface area contributed by atoms with Crippen molar-refractivity contribution in [3.63, 3.8) is 0 Å². The third-order valence-electron chi connectivity index (χ3n) is 2.73. The molecular formula is C13H15NO2S. The van der Waals surface area contributed by atoms with Gasteiger partial charge in [0, 0.05) is 25.1 Å². The van der Waals surface area contributed by atoms with Crippen molar-refractivity contribution in [2.75, 3.05) is 13.7 Å². The first-order valence-electron chi connectivity index (χ1n) is 5.68. The second-order valence-electron chi connectivity index (χ2n) is 4.09. The first-order valence-corrected chi connectivity index (χ1v) is 6.56. The lowest BCUT2D eigenvalue weighted by molar-refractivity contribution is 0.0789. The van der Waals surface area contributed by atoms with E-state index < -0.39 is 0 Å². The van der Waals surface area contributed by atoms with Gasteiger partial charge in [-0.1, -0.05) is 11.8 Å². The van der Waals surface area contributed by atoms with Gasteiger partial charge in [-0.3, -0.25) is 4.79 Å². The summed E-state index contributed by atoms with van der Waals surface area (Å²) in [6, 6.07) is 2.28. The molecule has 0 atom stereocenters. The van der Waals surface area contributed by atoms with E-state index in [4.69, 9.17) is 5.11 Å². The number of thiophene rings is 1. The summed E-state index contributed by atoms with van der Waals surface area (Å²) >= 11 is 1.43. The summed E-state index contributed by atoms with van der Waals surface area (Å²) < 4.78 is 0. The Hall–Kier alpha value is -1.31. The molecule has 1 saturated carbocycles. The van der Waals surface area contributed by atoms with Crippen molar-refractivity contribution in [2.45, 2.75) is 25.3 Å². The standard InChI is InChI=1S/C13H15NO2S/c1-14(11-5-6-11)13(16)12-10(7-9-17-12)4-2-3-8-15/h7,9,11,15H,3,5-6,8H2,1H3. The van der Waals surface area contributed by atoms with E-state index in [2.05, 4.69) is 11.8 Å². The Balaban J connectivity index is 2.13. The predicted molar refractivity (Wildman–Crippen MR) is 68.0 cm³/mol. The molecule has 0 saturated heterocycles. The summed E-state index contributed by atoms with van der Waals surface area (Å²) in [7, 11) is 1.85. The van der Waals surface area contributed by atoms with Crippen LogP contribution in [0.25, 0.3) is 0 Å². The average molecular weight is 249 g/mol. The maximum absolute atomic E-state index is 12.2. The Labute approximate surface area is 105 Å². The van der Waals surface area contributed by atoms with Crippen molar-refractivity contribution >= 4 is 17.2 Å². The zero-order valence-electron chi connectivity index (χ0n) is 9.77. The van der Waals surface area contributed by atoms with Gasteiger partial charge in [-0.15, -0.1) is 11.3 Å². The van der Waals surface area contributed by atoms with Gasteiger partial charge >= 0.3 is 0 Å². The molecule has 2 rings (SSSR count). The van der Waals surface area contributed by atoms with Crippen LogP contribution in [0.3, 0.4) is 0 Å². The molecule has 1 aliphatic carbocycles. The predicted octanol–water partition coefficient (Wildman–Crippen LogP) is 1.72. The largest absolute Gasteiger partial charge is 0.395 e. The fraction of sp³-hybridized carbons (Fsp3) is 0.462. The van der Waals surface area contributed by atoms with Crippen LogP contribution in [0.5, 0.6) is 0 Å². The molecule has 3 nitrogen and oxygen atoms in total. The van der Waals surface area contributed by atoms with Crippen LogP contribution in [0.2, 0.25) is 0 Å². The SMILES string of the molecule is CN(C(=O)c1sccc1C#CCCO)C1CC1. The number of aliphatic hydroxyl groups excluding tert-OH is 1. The third-order valence-corrected chi connectivity index (χ3v) is 3.64. The molecule has 0 spiro atoms. The van der Waals surface area contributed by atoms with Gasteiger partial charge in [0.1, 0.15) is 4.88 Å². The lowest BCUT2D eigenvalue weighted by Crippen LogP contribution is -2.28. The Bertz CT molecular complexity index is 465. The van der Waals surface area contributed by atoms with Crippen molar-refractivity contribution in [2.24, 2.45) is 0 Å². The number of carbonyl (C=O) groups is 1. The summed E-state index contributed by atoms with van der Waals surface area (Å²) in [5, 5.41) is 10.6. The Kier molecular flexibility index (Phi) is 3.82. The van der Waals surface area contributed by atoms with Gasteiger partial charge in [0.15, 0.2) is 0 Å². The van der Waals surface area contributed by atoms with Gasteiger partial charge in [-0.25, -0.2) is 0 Å². The van der Waals surface area contributed by atoms with Crippen LogP contribution < -0.4 is 0 Å². The van der Waals surface area contributed by atoms with E-state index in [0.717, 1.165) is 18.4 Å².